The normalized spacial score (nSPS) is 24.3. The molecule has 0 bridgehead atoms. The minimum atomic E-state index is -0.443. The van der Waals surface area contributed by atoms with E-state index in [1.165, 1.54) is 4.90 Å². The molecule has 0 radical (unpaired) electrons. The number of hydrogen-bond donors (Lipinski definition) is 2. The summed E-state index contributed by atoms with van der Waals surface area (Å²) in [6.45, 7) is 0. The number of piperidine rings is 1. The zero-order chi connectivity index (χ0) is 20.0. The third-order valence-corrected chi connectivity index (χ3v) is 6.08. The number of aromatic nitrogens is 1. The van der Waals surface area contributed by atoms with Crippen molar-refractivity contribution in [2.45, 2.75) is 25.0 Å². The molecule has 146 valence electrons. The molecule has 29 heavy (non-hydrogen) atoms. The molecule has 2 saturated heterocycles. The average Bonchev–Trinajstić information content (AvgIpc) is 2.74. The second-order valence-corrected chi connectivity index (χ2v) is 7.81. The van der Waals surface area contributed by atoms with Crippen LogP contribution in [0.15, 0.2) is 60.9 Å². The molecule has 1 aromatic heterocycles. The third kappa shape index (κ3) is 3.05. The maximum absolute atomic E-state index is 13.3. The number of anilines is 1. The van der Waals surface area contributed by atoms with E-state index in [2.05, 4.69) is 15.6 Å². The second-order valence-electron chi connectivity index (χ2n) is 7.41. The van der Waals surface area contributed by atoms with Crippen LogP contribution in [0, 0.1) is 5.92 Å². The van der Waals surface area contributed by atoms with E-state index in [-0.39, 0.29) is 17.9 Å². The number of amides is 3. The minimum absolute atomic E-state index is 0.0103. The predicted octanol–water partition coefficient (Wildman–Crippen LogP) is 4.01. The highest BCUT2D eigenvalue weighted by Crippen LogP contribution is 2.36. The Balaban J connectivity index is 1.45. The first-order chi connectivity index (χ1) is 14.1. The monoisotopic (exact) mass is 406 g/mol. The lowest BCUT2D eigenvalue weighted by molar-refractivity contribution is -0.125. The summed E-state index contributed by atoms with van der Waals surface area (Å²) >= 11 is 6.34. The lowest BCUT2D eigenvalue weighted by Gasteiger charge is -2.43. The van der Waals surface area contributed by atoms with Crippen molar-refractivity contribution in [2.75, 3.05) is 4.90 Å². The molecule has 3 atom stereocenters. The fourth-order valence-electron chi connectivity index (χ4n) is 4.31. The number of pyridine rings is 1. The van der Waals surface area contributed by atoms with Crippen molar-refractivity contribution < 1.29 is 9.59 Å². The average molecular weight is 407 g/mol. The van der Waals surface area contributed by atoms with Crippen molar-refractivity contribution >= 4 is 40.0 Å². The van der Waals surface area contributed by atoms with Gasteiger partial charge in [-0.1, -0.05) is 54.1 Å². The molecule has 7 heteroatoms. The van der Waals surface area contributed by atoms with Crippen LogP contribution in [0.5, 0.6) is 0 Å². The van der Waals surface area contributed by atoms with E-state index in [4.69, 9.17) is 11.6 Å². The number of halogens is 1. The summed E-state index contributed by atoms with van der Waals surface area (Å²) in [5.41, 5.74) is 1.49. The molecular weight excluding hydrogens is 388 g/mol. The molecule has 0 spiro atoms. The Labute approximate surface area is 172 Å². The number of nitrogens with zero attached hydrogens (tertiary/aromatic N) is 2. The van der Waals surface area contributed by atoms with E-state index in [1.54, 1.807) is 12.4 Å². The smallest absolute Gasteiger partial charge is 0.321 e. The highest BCUT2D eigenvalue weighted by Gasteiger charge is 2.45. The van der Waals surface area contributed by atoms with Gasteiger partial charge in [-0.25, -0.2) is 9.69 Å². The molecule has 5 rings (SSSR count). The molecule has 3 unspecified atom stereocenters. The largest absolute Gasteiger partial charge is 0.330 e. The predicted molar refractivity (Wildman–Crippen MR) is 112 cm³/mol. The van der Waals surface area contributed by atoms with Gasteiger partial charge in [0.1, 0.15) is 0 Å². The standard InChI is InChI=1S/C22H19ClN4O2/c23-17-8-4-3-7-15(17)18-10-9-16-20(25-18)26-22(29)27(21(16)28)19-12-24-11-13-5-1-2-6-14(13)19/h1-8,11-12,16,18,20,25H,9-10H2,(H,26,29). The number of nitrogens with one attached hydrogen (secondary N) is 2. The van der Waals surface area contributed by atoms with Gasteiger partial charge in [0.05, 0.1) is 24.0 Å². The molecule has 2 N–H and O–H groups in total. The first kappa shape index (κ1) is 18.1. The van der Waals surface area contributed by atoms with Crippen molar-refractivity contribution in [3.63, 3.8) is 0 Å². The van der Waals surface area contributed by atoms with Crippen LogP contribution in [0.3, 0.4) is 0 Å². The zero-order valence-corrected chi connectivity index (χ0v) is 16.3. The maximum atomic E-state index is 13.3. The van der Waals surface area contributed by atoms with Crippen LogP contribution in [0.2, 0.25) is 5.02 Å². The van der Waals surface area contributed by atoms with E-state index in [9.17, 15) is 9.59 Å². The summed E-state index contributed by atoms with van der Waals surface area (Å²) in [5, 5.41) is 8.75. The molecule has 2 aliphatic rings. The number of benzene rings is 2. The zero-order valence-electron chi connectivity index (χ0n) is 15.5. The Hall–Kier alpha value is -2.96. The molecular formula is C22H19ClN4O2. The van der Waals surface area contributed by atoms with E-state index in [0.717, 1.165) is 22.8 Å². The van der Waals surface area contributed by atoms with Gasteiger partial charge in [0.25, 0.3) is 0 Å². The number of imide groups is 1. The van der Waals surface area contributed by atoms with Crippen LogP contribution in [0.4, 0.5) is 10.5 Å². The van der Waals surface area contributed by atoms with Crippen molar-refractivity contribution in [3.8, 4) is 0 Å². The van der Waals surface area contributed by atoms with Gasteiger partial charge in [-0.2, -0.15) is 0 Å². The topological polar surface area (TPSA) is 74.3 Å². The van der Waals surface area contributed by atoms with Crippen LogP contribution in [-0.4, -0.2) is 23.1 Å². The van der Waals surface area contributed by atoms with Crippen LogP contribution < -0.4 is 15.5 Å². The highest BCUT2D eigenvalue weighted by molar-refractivity contribution is 6.31. The van der Waals surface area contributed by atoms with Gasteiger partial charge < -0.3 is 5.32 Å². The Bertz CT molecular complexity index is 1110. The summed E-state index contributed by atoms with van der Waals surface area (Å²) in [6, 6.07) is 14.8. The van der Waals surface area contributed by atoms with Gasteiger partial charge in [-0.15, -0.1) is 0 Å². The fraction of sp³-hybridized carbons (Fsp3) is 0.227. The summed E-state index contributed by atoms with van der Waals surface area (Å²) in [7, 11) is 0. The summed E-state index contributed by atoms with van der Waals surface area (Å²) < 4.78 is 0. The maximum Gasteiger partial charge on any atom is 0.330 e. The number of carbonyl (C=O) groups excluding carboxylic acids is 2. The van der Waals surface area contributed by atoms with Crippen LogP contribution >= 0.6 is 11.6 Å². The van der Waals surface area contributed by atoms with Crippen LogP contribution in [-0.2, 0) is 4.79 Å². The lowest BCUT2D eigenvalue weighted by atomic mass is 9.86. The van der Waals surface area contributed by atoms with Gasteiger partial charge in [-0.3, -0.25) is 15.1 Å². The van der Waals surface area contributed by atoms with E-state index in [1.807, 2.05) is 48.5 Å². The van der Waals surface area contributed by atoms with Crippen LogP contribution in [0.25, 0.3) is 10.8 Å². The molecule has 0 saturated carbocycles. The summed E-state index contributed by atoms with van der Waals surface area (Å²) in [4.78, 5) is 31.7. The number of hydrogen-bond acceptors (Lipinski definition) is 4. The Kier molecular flexibility index (Phi) is 4.45. The van der Waals surface area contributed by atoms with Gasteiger partial charge in [0.15, 0.2) is 0 Å². The molecule has 0 aliphatic carbocycles. The van der Waals surface area contributed by atoms with E-state index < -0.39 is 12.2 Å². The number of rotatable bonds is 2. The van der Waals surface area contributed by atoms with Crippen molar-refractivity contribution in [3.05, 3.63) is 71.5 Å². The Morgan fingerprint density at radius 2 is 1.79 bits per heavy atom. The minimum Gasteiger partial charge on any atom is -0.321 e. The van der Waals surface area contributed by atoms with Gasteiger partial charge in [0, 0.05) is 28.0 Å². The number of fused-ring (bicyclic) bond motifs is 2. The molecule has 3 amide bonds. The second kappa shape index (κ2) is 7.13. The summed E-state index contributed by atoms with van der Waals surface area (Å²) in [5.74, 6) is -0.549. The van der Waals surface area contributed by atoms with Gasteiger partial charge in [0.2, 0.25) is 5.91 Å². The Morgan fingerprint density at radius 3 is 2.66 bits per heavy atom. The van der Waals surface area contributed by atoms with E-state index >= 15 is 0 Å². The molecule has 2 aliphatic heterocycles. The van der Waals surface area contributed by atoms with Crippen molar-refractivity contribution in [1.82, 2.24) is 15.6 Å². The summed E-state index contributed by atoms with van der Waals surface area (Å²) in [6.07, 6.45) is 4.28. The van der Waals surface area contributed by atoms with Gasteiger partial charge in [-0.05, 0) is 24.5 Å². The fourth-order valence-corrected chi connectivity index (χ4v) is 4.58. The Morgan fingerprint density at radius 1 is 1.00 bits per heavy atom. The quantitative estimate of drug-likeness (QED) is 0.674. The van der Waals surface area contributed by atoms with Crippen molar-refractivity contribution in [2.24, 2.45) is 5.92 Å². The molecule has 2 fully saturated rings. The molecule has 2 aromatic carbocycles. The SMILES string of the molecule is O=C1NC2NC(c3ccccc3Cl)CCC2C(=O)N1c1cncc2ccccc12. The molecule has 3 heterocycles. The lowest BCUT2D eigenvalue weighted by Crippen LogP contribution is -2.66. The first-order valence-corrected chi connectivity index (χ1v) is 9.99. The number of carbonyl (C=O) groups is 2. The highest BCUT2D eigenvalue weighted by atomic mass is 35.5. The third-order valence-electron chi connectivity index (χ3n) is 5.74. The van der Waals surface area contributed by atoms with Gasteiger partial charge >= 0.3 is 6.03 Å². The molecule has 3 aromatic rings. The first-order valence-electron chi connectivity index (χ1n) is 9.61. The van der Waals surface area contributed by atoms with Crippen molar-refractivity contribution in [1.29, 1.82) is 0 Å². The van der Waals surface area contributed by atoms with E-state index in [0.29, 0.717) is 17.1 Å². The van der Waals surface area contributed by atoms with Crippen LogP contribution in [0.1, 0.15) is 24.4 Å². The molecule has 6 nitrogen and oxygen atoms in total. The number of urea groups is 1.